The van der Waals surface area contributed by atoms with Gasteiger partial charge in [-0.05, 0) is 5.53 Å². The Labute approximate surface area is 70.3 Å². The first-order valence-corrected chi connectivity index (χ1v) is 3.55. The number of azide groups is 1. The Morgan fingerprint density at radius 3 is 3.25 bits per heavy atom. The van der Waals surface area contributed by atoms with Gasteiger partial charge in [0.2, 0.25) is 0 Å². The molecule has 5 heteroatoms. The Kier molecular flexibility index (Phi) is 3.42. The van der Waals surface area contributed by atoms with Crippen molar-refractivity contribution in [1.82, 2.24) is 0 Å². The summed E-state index contributed by atoms with van der Waals surface area (Å²) in [6, 6.07) is -0.233. The third kappa shape index (κ3) is 2.14. The Morgan fingerprint density at radius 1 is 1.75 bits per heavy atom. The van der Waals surface area contributed by atoms with E-state index in [-0.39, 0.29) is 18.8 Å². The van der Waals surface area contributed by atoms with Crippen LogP contribution in [0.4, 0.5) is 0 Å². The lowest BCUT2D eigenvalue weighted by atomic mass is 10.2. The maximum atomic E-state index is 8.18. The molecule has 12 heavy (non-hydrogen) atoms. The molecule has 1 fully saturated rings. The van der Waals surface area contributed by atoms with Crippen LogP contribution in [-0.4, -0.2) is 32.0 Å². The van der Waals surface area contributed by atoms with E-state index in [1.807, 2.05) is 0 Å². The van der Waals surface area contributed by atoms with Crippen LogP contribution >= 0.6 is 0 Å². The van der Waals surface area contributed by atoms with Crippen LogP contribution in [0.25, 0.3) is 10.4 Å². The van der Waals surface area contributed by atoms with E-state index in [1.165, 1.54) is 0 Å². The van der Waals surface area contributed by atoms with Crippen LogP contribution in [0.2, 0.25) is 0 Å². The van der Waals surface area contributed by atoms with E-state index in [1.54, 1.807) is 0 Å². The molecule has 0 radical (unpaired) electrons. The summed E-state index contributed by atoms with van der Waals surface area (Å²) in [6.45, 7) is 1.09. The van der Waals surface area contributed by atoms with Gasteiger partial charge >= 0.3 is 0 Å². The minimum atomic E-state index is -0.233. The molecule has 0 aromatic rings. The van der Waals surface area contributed by atoms with Gasteiger partial charge in [-0.1, -0.05) is 11.0 Å². The molecule has 0 bridgehead atoms. The van der Waals surface area contributed by atoms with E-state index in [0.29, 0.717) is 13.2 Å². The predicted molar refractivity (Wildman–Crippen MR) is 42.3 cm³/mol. The lowest BCUT2D eigenvalue weighted by Crippen LogP contribution is -2.25. The maximum Gasteiger partial charge on any atom is 0.107 e. The van der Waals surface area contributed by atoms with Crippen molar-refractivity contribution < 1.29 is 9.47 Å². The standard InChI is InChI=1S/C7H9N3O2/c1-2-3-12-7-5-11-4-6(7)9-10-8/h1,6-7H,3-5H2/t6-,7-/m1/s1. The second-order valence-corrected chi connectivity index (χ2v) is 2.36. The van der Waals surface area contributed by atoms with E-state index < -0.39 is 0 Å². The number of nitrogens with zero attached hydrogens (tertiary/aromatic N) is 3. The molecule has 1 heterocycles. The molecule has 0 saturated carbocycles. The number of terminal acetylenes is 1. The highest BCUT2D eigenvalue weighted by molar-refractivity contribution is 4.87. The smallest absolute Gasteiger partial charge is 0.107 e. The average Bonchev–Trinajstić information content (AvgIpc) is 2.50. The fourth-order valence-electron chi connectivity index (χ4n) is 1.01. The van der Waals surface area contributed by atoms with Crippen LogP contribution in [0.15, 0.2) is 5.11 Å². The van der Waals surface area contributed by atoms with Crippen molar-refractivity contribution in [2.45, 2.75) is 12.1 Å². The van der Waals surface area contributed by atoms with Crippen LogP contribution in [-0.2, 0) is 9.47 Å². The predicted octanol–water partition coefficient (Wildman–Crippen LogP) is 0.714. The normalized spacial score (nSPS) is 27.6. The van der Waals surface area contributed by atoms with Gasteiger partial charge in [0.25, 0.3) is 0 Å². The van der Waals surface area contributed by atoms with Crippen molar-refractivity contribution in [3.05, 3.63) is 10.4 Å². The van der Waals surface area contributed by atoms with Gasteiger partial charge in [-0.25, -0.2) is 0 Å². The minimum Gasteiger partial charge on any atom is -0.378 e. The summed E-state index contributed by atoms with van der Waals surface area (Å²) in [5, 5.41) is 3.52. The summed E-state index contributed by atoms with van der Waals surface area (Å²) in [5.41, 5.74) is 8.18. The topological polar surface area (TPSA) is 67.2 Å². The third-order valence-electron chi connectivity index (χ3n) is 1.58. The first-order valence-electron chi connectivity index (χ1n) is 3.55. The maximum absolute atomic E-state index is 8.18. The Morgan fingerprint density at radius 2 is 2.58 bits per heavy atom. The summed E-state index contributed by atoms with van der Waals surface area (Å²) in [7, 11) is 0. The lowest BCUT2D eigenvalue weighted by molar-refractivity contribution is 0.0583. The largest absolute Gasteiger partial charge is 0.378 e. The molecule has 0 aromatic heterocycles. The summed E-state index contributed by atoms with van der Waals surface area (Å²) in [5.74, 6) is 2.34. The fraction of sp³-hybridized carbons (Fsp3) is 0.714. The Balaban J connectivity index is 2.41. The van der Waals surface area contributed by atoms with Gasteiger partial charge in [-0.3, -0.25) is 0 Å². The van der Waals surface area contributed by atoms with Gasteiger partial charge in [0.05, 0.1) is 25.4 Å². The lowest BCUT2D eigenvalue weighted by Gasteiger charge is -2.10. The molecule has 64 valence electrons. The molecule has 1 saturated heterocycles. The highest BCUT2D eigenvalue weighted by atomic mass is 16.5. The number of rotatable bonds is 3. The van der Waals surface area contributed by atoms with Gasteiger partial charge < -0.3 is 9.47 Å². The molecular formula is C7H9N3O2. The van der Waals surface area contributed by atoms with Gasteiger partial charge in [-0.15, -0.1) is 6.42 Å². The molecular weight excluding hydrogens is 158 g/mol. The molecule has 0 amide bonds. The first-order chi connectivity index (χ1) is 5.88. The first kappa shape index (κ1) is 8.88. The van der Waals surface area contributed by atoms with E-state index in [9.17, 15) is 0 Å². The van der Waals surface area contributed by atoms with Crippen LogP contribution in [0.3, 0.4) is 0 Å². The number of ether oxygens (including phenoxy) is 2. The molecule has 1 aliphatic heterocycles. The minimum absolute atomic E-state index is 0.183. The summed E-state index contributed by atoms with van der Waals surface area (Å²) >= 11 is 0. The highest BCUT2D eigenvalue weighted by Crippen LogP contribution is 2.13. The second kappa shape index (κ2) is 4.62. The summed E-state index contributed by atoms with van der Waals surface area (Å²) in [4.78, 5) is 2.69. The molecule has 0 aromatic carbocycles. The summed E-state index contributed by atoms with van der Waals surface area (Å²) < 4.78 is 10.3. The fourth-order valence-corrected chi connectivity index (χ4v) is 1.01. The number of hydrogen-bond donors (Lipinski definition) is 0. The van der Waals surface area contributed by atoms with E-state index >= 15 is 0 Å². The molecule has 0 spiro atoms. The van der Waals surface area contributed by atoms with Gasteiger partial charge in [0.15, 0.2) is 0 Å². The molecule has 5 nitrogen and oxygen atoms in total. The van der Waals surface area contributed by atoms with Gasteiger partial charge in [0, 0.05) is 4.91 Å². The molecule has 1 rings (SSSR count). The van der Waals surface area contributed by atoms with Crippen molar-refractivity contribution in [3.8, 4) is 12.3 Å². The molecule has 1 aliphatic rings. The zero-order chi connectivity index (χ0) is 8.81. The van der Waals surface area contributed by atoms with Crippen LogP contribution in [0, 0.1) is 12.3 Å². The summed E-state index contributed by atoms with van der Waals surface area (Å²) in [6.07, 6.45) is 4.82. The molecule has 0 unspecified atom stereocenters. The van der Waals surface area contributed by atoms with E-state index in [0.717, 1.165) is 0 Å². The van der Waals surface area contributed by atoms with Crippen LogP contribution in [0.1, 0.15) is 0 Å². The zero-order valence-corrected chi connectivity index (χ0v) is 6.51. The SMILES string of the molecule is C#CCO[C@@H]1COC[C@H]1N=[N+]=[N-]. The molecule has 2 atom stereocenters. The van der Waals surface area contributed by atoms with Gasteiger partial charge in [-0.2, -0.15) is 0 Å². The molecule has 0 aliphatic carbocycles. The van der Waals surface area contributed by atoms with Gasteiger partial charge in [0.1, 0.15) is 6.61 Å². The van der Waals surface area contributed by atoms with E-state index in [4.69, 9.17) is 21.4 Å². The van der Waals surface area contributed by atoms with Crippen molar-refractivity contribution in [2.75, 3.05) is 19.8 Å². The van der Waals surface area contributed by atoms with Crippen LogP contribution < -0.4 is 0 Å². The van der Waals surface area contributed by atoms with Crippen molar-refractivity contribution in [1.29, 1.82) is 0 Å². The van der Waals surface area contributed by atoms with Crippen LogP contribution in [0.5, 0.6) is 0 Å². The Hall–Kier alpha value is -1.21. The van der Waals surface area contributed by atoms with Crippen molar-refractivity contribution >= 4 is 0 Å². The average molecular weight is 167 g/mol. The Bertz CT molecular complexity index is 229. The molecule has 0 N–H and O–H groups in total. The highest BCUT2D eigenvalue weighted by Gasteiger charge is 2.27. The third-order valence-corrected chi connectivity index (χ3v) is 1.58. The quantitative estimate of drug-likeness (QED) is 0.269. The monoisotopic (exact) mass is 167 g/mol. The van der Waals surface area contributed by atoms with Crippen molar-refractivity contribution in [3.63, 3.8) is 0 Å². The zero-order valence-electron chi connectivity index (χ0n) is 6.51. The second-order valence-electron chi connectivity index (χ2n) is 2.36. The number of hydrogen-bond acceptors (Lipinski definition) is 3. The van der Waals surface area contributed by atoms with E-state index in [2.05, 4.69) is 15.9 Å². The van der Waals surface area contributed by atoms with Crippen molar-refractivity contribution in [2.24, 2.45) is 5.11 Å².